The number of amides is 1. The Balaban J connectivity index is 1.52. The lowest BCUT2D eigenvalue weighted by molar-refractivity contribution is 0.0908. The van der Waals surface area contributed by atoms with Crippen molar-refractivity contribution < 1.29 is 13.6 Å². The van der Waals surface area contributed by atoms with E-state index in [1.54, 1.807) is 12.1 Å². The molecule has 0 unspecified atom stereocenters. The van der Waals surface area contributed by atoms with E-state index in [0.717, 1.165) is 12.8 Å². The summed E-state index contributed by atoms with van der Waals surface area (Å²) in [5.74, 6) is -1.08. The highest BCUT2D eigenvalue weighted by atomic mass is 19.1. The second-order valence-electron chi connectivity index (χ2n) is 6.09. The number of nitrogens with zero attached hydrogens (tertiary/aromatic N) is 1. The van der Waals surface area contributed by atoms with Crippen LogP contribution in [0.2, 0.25) is 0 Å². The molecule has 3 nitrogen and oxygen atoms in total. The van der Waals surface area contributed by atoms with Crippen LogP contribution in [0.25, 0.3) is 0 Å². The Labute approximate surface area is 140 Å². The van der Waals surface area contributed by atoms with Crippen molar-refractivity contribution in [2.75, 3.05) is 13.1 Å². The van der Waals surface area contributed by atoms with Gasteiger partial charge in [0, 0.05) is 36.8 Å². The maximum atomic E-state index is 13.7. The van der Waals surface area contributed by atoms with Crippen LogP contribution >= 0.6 is 0 Å². The number of likely N-dealkylation sites (tertiary alicyclic amines) is 1. The molecule has 0 spiro atoms. The van der Waals surface area contributed by atoms with Crippen molar-refractivity contribution in [2.45, 2.75) is 25.4 Å². The molecule has 2 aromatic carbocycles. The summed E-state index contributed by atoms with van der Waals surface area (Å²) in [7, 11) is 0. The SMILES string of the molecule is O=C(NC1CCN(Cc2c(F)cccc2F)CC1)c1ccccc1. The summed E-state index contributed by atoms with van der Waals surface area (Å²) in [5.41, 5.74) is 0.762. The van der Waals surface area contributed by atoms with Gasteiger partial charge in [0.2, 0.25) is 0 Å². The lowest BCUT2D eigenvalue weighted by Gasteiger charge is -2.32. The van der Waals surface area contributed by atoms with Crippen molar-refractivity contribution in [3.8, 4) is 0 Å². The molecule has 2 aromatic rings. The average molecular weight is 330 g/mol. The molecule has 0 aliphatic carbocycles. The fourth-order valence-electron chi connectivity index (χ4n) is 3.00. The Kier molecular flexibility index (Phi) is 5.20. The van der Waals surface area contributed by atoms with Crippen molar-refractivity contribution in [3.05, 3.63) is 71.3 Å². The van der Waals surface area contributed by atoms with Crippen molar-refractivity contribution in [2.24, 2.45) is 0 Å². The molecular weight excluding hydrogens is 310 g/mol. The van der Waals surface area contributed by atoms with Gasteiger partial charge in [-0.1, -0.05) is 24.3 Å². The highest BCUT2D eigenvalue weighted by Gasteiger charge is 2.22. The van der Waals surface area contributed by atoms with Gasteiger partial charge in [-0.05, 0) is 37.1 Å². The van der Waals surface area contributed by atoms with E-state index in [1.807, 2.05) is 23.1 Å². The first-order chi connectivity index (χ1) is 11.6. The molecule has 0 bridgehead atoms. The van der Waals surface area contributed by atoms with E-state index in [0.29, 0.717) is 18.7 Å². The molecule has 1 heterocycles. The van der Waals surface area contributed by atoms with Gasteiger partial charge in [0.25, 0.3) is 5.91 Å². The number of benzene rings is 2. The summed E-state index contributed by atoms with van der Waals surface area (Å²) < 4.78 is 27.4. The number of hydrogen-bond acceptors (Lipinski definition) is 2. The van der Waals surface area contributed by atoms with Gasteiger partial charge in [0.1, 0.15) is 11.6 Å². The Morgan fingerprint density at radius 2 is 1.62 bits per heavy atom. The monoisotopic (exact) mass is 330 g/mol. The van der Waals surface area contributed by atoms with Crippen LogP contribution in [-0.4, -0.2) is 29.9 Å². The first-order valence-corrected chi connectivity index (χ1v) is 8.14. The molecule has 1 amide bonds. The first kappa shape index (κ1) is 16.6. The molecular formula is C19H20F2N2O. The summed E-state index contributed by atoms with van der Waals surface area (Å²) >= 11 is 0. The molecule has 5 heteroatoms. The van der Waals surface area contributed by atoms with E-state index >= 15 is 0 Å². The minimum atomic E-state index is -0.505. The molecule has 126 valence electrons. The average Bonchev–Trinajstić information content (AvgIpc) is 2.60. The fraction of sp³-hybridized carbons (Fsp3) is 0.316. The van der Waals surface area contributed by atoms with Crippen LogP contribution in [0.3, 0.4) is 0 Å². The highest BCUT2D eigenvalue weighted by Crippen LogP contribution is 2.18. The number of halogens is 2. The van der Waals surface area contributed by atoms with Gasteiger partial charge >= 0.3 is 0 Å². The summed E-state index contributed by atoms with van der Waals surface area (Å²) in [5, 5.41) is 3.03. The third-order valence-corrected chi connectivity index (χ3v) is 4.40. The third-order valence-electron chi connectivity index (χ3n) is 4.40. The number of carbonyl (C=O) groups excluding carboxylic acids is 1. The molecule has 0 radical (unpaired) electrons. The Morgan fingerprint density at radius 3 is 2.25 bits per heavy atom. The van der Waals surface area contributed by atoms with Gasteiger partial charge < -0.3 is 5.32 Å². The van der Waals surface area contributed by atoms with E-state index in [1.165, 1.54) is 18.2 Å². The minimum Gasteiger partial charge on any atom is -0.349 e. The molecule has 1 fully saturated rings. The van der Waals surface area contributed by atoms with E-state index in [2.05, 4.69) is 5.32 Å². The van der Waals surface area contributed by atoms with Crippen molar-refractivity contribution in [1.29, 1.82) is 0 Å². The summed E-state index contributed by atoms with van der Waals surface area (Å²) in [6, 6.07) is 13.1. The van der Waals surface area contributed by atoms with E-state index in [4.69, 9.17) is 0 Å². The maximum absolute atomic E-state index is 13.7. The lowest BCUT2D eigenvalue weighted by atomic mass is 10.0. The van der Waals surface area contributed by atoms with Gasteiger partial charge in [-0.15, -0.1) is 0 Å². The molecule has 3 rings (SSSR count). The predicted octanol–water partition coefficient (Wildman–Crippen LogP) is 3.36. The highest BCUT2D eigenvalue weighted by molar-refractivity contribution is 5.94. The van der Waals surface area contributed by atoms with Gasteiger partial charge in [-0.3, -0.25) is 9.69 Å². The molecule has 1 N–H and O–H groups in total. The summed E-state index contributed by atoms with van der Waals surface area (Å²) in [4.78, 5) is 14.2. The second-order valence-corrected chi connectivity index (χ2v) is 6.09. The van der Waals surface area contributed by atoms with Gasteiger partial charge in [-0.2, -0.15) is 0 Å². The van der Waals surface area contributed by atoms with E-state index < -0.39 is 11.6 Å². The number of nitrogens with one attached hydrogen (secondary N) is 1. The second kappa shape index (κ2) is 7.53. The molecule has 0 saturated carbocycles. The maximum Gasteiger partial charge on any atom is 0.251 e. The Morgan fingerprint density at radius 1 is 1.00 bits per heavy atom. The molecule has 1 aliphatic rings. The smallest absolute Gasteiger partial charge is 0.251 e. The molecule has 0 aromatic heterocycles. The van der Waals surface area contributed by atoms with Crippen LogP contribution in [0.1, 0.15) is 28.8 Å². The van der Waals surface area contributed by atoms with Crippen molar-refractivity contribution >= 4 is 5.91 Å². The lowest BCUT2D eigenvalue weighted by Crippen LogP contribution is -2.44. The summed E-state index contributed by atoms with van der Waals surface area (Å²) in [6.07, 6.45) is 1.54. The largest absolute Gasteiger partial charge is 0.349 e. The quantitative estimate of drug-likeness (QED) is 0.932. The zero-order chi connectivity index (χ0) is 16.9. The fourth-order valence-corrected chi connectivity index (χ4v) is 3.00. The van der Waals surface area contributed by atoms with Crippen LogP contribution in [0.5, 0.6) is 0 Å². The molecule has 0 atom stereocenters. The van der Waals surface area contributed by atoms with Crippen LogP contribution in [-0.2, 0) is 6.54 Å². The third kappa shape index (κ3) is 3.97. The van der Waals surface area contributed by atoms with Gasteiger partial charge in [-0.25, -0.2) is 8.78 Å². The van der Waals surface area contributed by atoms with Gasteiger partial charge in [0.05, 0.1) is 0 Å². The van der Waals surface area contributed by atoms with Crippen molar-refractivity contribution in [3.63, 3.8) is 0 Å². The van der Waals surface area contributed by atoms with Crippen LogP contribution < -0.4 is 5.32 Å². The summed E-state index contributed by atoms with van der Waals surface area (Å²) in [6.45, 7) is 1.67. The zero-order valence-corrected chi connectivity index (χ0v) is 13.3. The van der Waals surface area contributed by atoms with Crippen molar-refractivity contribution in [1.82, 2.24) is 10.2 Å². The molecule has 1 aliphatic heterocycles. The first-order valence-electron chi connectivity index (χ1n) is 8.14. The number of hydrogen-bond donors (Lipinski definition) is 1. The molecule has 24 heavy (non-hydrogen) atoms. The number of carbonyl (C=O) groups is 1. The zero-order valence-electron chi connectivity index (χ0n) is 13.3. The normalized spacial score (nSPS) is 16.1. The Hall–Kier alpha value is -2.27. The topological polar surface area (TPSA) is 32.3 Å². The minimum absolute atomic E-state index is 0.0748. The molecule has 1 saturated heterocycles. The predicted molar refractivity (Wildman–Crippen MR) is 88.6 cm³/mol. The van der Waals surface area contributed by atoms with Crippen LogP contribution in [0, 0.1) is 11.6 Å². The van der Waals surface area contributed by atoms with E-state index in [9.17, 15) is 13.6 Å². The van der Waals surface area contributed by atoms with E-state index in [-0.39, 0.29) is 24.1 Å². The number of rotatable bonds is 4. The van der Waals surface area contributed by atoms with Crippen LogP contribution in [0.4, 0.5) is 8.78 Å². The van der Waals surface area contributed by atoms with Crippen LogP contribution in [0.15, 0.2) is 48.5 Å². The number of piperidine rings is 1. The Bertz CT molecular complexity index is 678. The van der Waals surface area contributed by atoms with Gasteiger partial charge in [0.15, 0.2) is 0 Å². The standard InChI is InChI=1S/C19H20F2N2O/c20-17-7-4-8-18(21)16(17)13-23-11-9-15(10-12-23)22-19(24)14-5-2-1-3-6-14/h1-8,15H,9-13H2,(H,22,24).